The number of nitrogens with zero attached hydrogens (tertiary/aromatic N) is 4. The van der Waals surface area contributed by atoms with E-state index in [1.54, 1.807) is 20.2 Å². The van der Waals surface area contributed by atoms with E-state index in [2.05, 4.69) is 25.6 Å². The van der Waals surface area contributed by atoms with Gasteiger partial charge in [-0.25, -0.2) is 4.98 Å². The Hall–Kier alpha value is -2.77. The number of hydrogen-bond acceptors (Lipinski definition) is 7. The van der Waals surface area contributed by atoms with Crippen LogP contribution >= 0.6 is 0 Å². The number of nitrogens with one attached hydrogen (secondary N) is 2. The molecule has 2 aromatic heterocycles. The van der Waals surface area contributed by atoms with Crippen molar-refractivity contribution in [3.8, 4) is 0 Å². The Morgan fingerprint density at radius 1 is 1.29 bits per heavy atom. The summed E-state index contributed by atoms with van der Waals surface area (Å²) in [5, 5.41) is 16.9. The molecule has 2 aromatic rings. The zero-order valence-electron chi connectivity index (χ0n) is 12.0. The maximum Gasteiger partial charge on any atom is 0.332 e. The first-order chi connectivity index (χ1) is 10.0. The van der Waals surface area contributed by atoms with Gasteiger partial charge in [0.05, 0.1) is 4.92 Å². The Labute approximate surface area is 121 Å². The topological polar surface area (TPSA) is 106 Å². The van der Waals surface area contributed by atoms with Crippen LogP contribution in [0.25, 0.3) is 0 Å². The highest BCUT2D eigenvalue weighted by Crippen LogP contribution is 2.26. The fraction of sp³-hybridized carbons (Fsp3) is 0.308. The summed E-state index contributed by atoms with van der Waals surface area (Å²) in [5.41, 5.74) is 2.02. The molecule has 8 heteroatoms. The van der Waals surface area contributed by atoms with Crippen LogP contribution in [0, 0.1) is 24.0 Å². The predicted molar refractivity (Wildman–Crippen MR) is 79.3 cm³/mol. The summed E-state index contributed by atoms with van der Waals surface area (Å²) in [5.74, 6) is 0.528. The van der Waals surface area contributed by atoms with Crippen LogP contribution in [-0.2, 0) is 6.54 Å². The maximum atomic E-state index is 11.2. The van der Waals surface area contributed by atoms with Crippen LogP contribution in [0.2, 0.25) is 0 Å². The van der Waals surface area contributed by atoms with Gasteiger partial charge in [-0.2, -0.15) is 4.98 Å². The van der Waals surface area contributed by atoms with Crippen molar-refractivity contribution in [2.45, 2.75) is 20.4 Å². The van der Waals surface area contributed by atoms with Gasteiger partial charge >= 0.3 is 5.69 Å². The van der Waals surface area contributed by atoms with Crippen LogP contribution in [-0.4, -0.2) is 26.9 Å². The first-order valence-electron chi connectivity index (χ1n) is 6.37. The molecule has 0 atom stereocenters. The van der Waals surface area contributed by atoms with E-state index in [-0.39, 0.29) is 11.5 Å². The maximum absolute atomic E-state index is 11.2. The first-order valence-corrected chi connectivity index (χ1v) is 6.37. The summed E-state index contributed by atoms with van der Waals surface area (Å²) >= 11 is 0. The van der Waals surface area contributed by atoms with Crippen molar-refractivity contribution in [3.63, 3.8) is 0 Å². The highest BCUT2D eigenvalue weighted by Gasteiger charge is 2.21. The lowest BCUT2D eigenvalue weighted by atomic mass is 10.2. The third kappa shape index (κ3) is 3.41. The molecule has 0 aliphatic rings. The number of pyridine rings is 1. The van der Waals surface area contributed by atoms with Gasteiger partial charge in [-0.1, -0.05) is 6.07 Å². The van der Waals surface area contributed by atoms with Crippen LogP contribution < -0.4 is 10.6 Å². The number of anilines is 2. The van der Waals surface area contributed by atoms with Crippen molar-refractivity contribution < 1.29 is 4.92 Å². The highest BCUT2D eigenvalue weighted by molar-refractivity contribution is 5.60. The quantitative estimate of drug-likeness (QED) is 0.640. The predicted octanol–water partition coefficient (Wildman–Crippen LogP) is 2.05. The van der Waals surface area contributed by atoms with Crippen LogP contribution in [0.4, 0.5) is 17.5 Å². The van der Waals surface area contributed by atoms with E-state index in [4.69, 9.17) is 0 Å². The molecule has 0 aliphatic heterocycles. The second-order valence-electron chi connectivity index (χ2n) is 4.50. The van der Waals surface area contributed by atoms with Crippen molar-refractivity contribution >= 4 is 17.5 Å². The lowest BCUT2D eigenvalue weighted by Gasteiger charge is -2.09. The summed E-state index contributed by atoms with van der Waals surface area (Å²) in [4.78, 5) is 23.0. The monoisotopic (exact) mass is 288 g/mol. The van der Waals surface area contributed by atoms with Gasteiger partial charge in [-0.15, -0.1) is 0 Å². The van der Waals surface area contributed by atoms with Crippen LogP contribution in [0.1, 0.15) is 17.0 Å². The average Bonchev–Trinajstić information content (AvgIpc) is 2.45. The number of aryl methyl sites for hydroxylation is 2. The van der Waals surface area contributed by atoms with Crippen molar-refractivity contribution in [2.75, 3.05) is 17.7 Å². The minimum Gasteiger partial charge on any atom is -0.360 e. The van der Waals surface area contributed by atoms with Crippen molar-refractivity contribution in [1.82, 2.24) is 15.0 Å². The fourth-order valence-electron chi connectivity index (χ4n) is 1.81. The molecular weight excluding hydrogens is 272 g/mol. The molecule has 0 spiro atoms. The van der Waals surface area contributed by atoms with Gasteiger partial charge in [-0.3, -0.25) is 15.1 Å². The van der Waals surface area contributed by atoms with Gasteiger partial charge < -0.3 is 10.6 Å². The molecule has 0 amide bonds. The molecule has 0 aliphatic carbocycles. The Balaban J connectivity index is 2.27. The zero-order valence-corrected chi connectivity index (χ0v) is 12.0. The molecule has 110 valence electrons. The van der Waals surface area contributed by atoms with E-state index in [0.29, 0.717) is 18.2 Å². The molecule has 0 radical (unpaired) electrons. The lowest BCUT2D eigenvalue weighted by molar-refractivity contribution is -0.385. The van der Waals surface area contributed by atoms with Crippen molar-refractivity contribution in [3.05, 3.63) is 45.4 Å². The second kappa shape index (κ2) is 6.12. The SMILES string of the molecule is CNc1nc(C)c([N+](=O)[O-])c(NCc2ccc(C)nc2)n1. The standard InChI is InChI=1S/C13H16N6O2/c1-8-4-5-10(6-15-8)7-16-12-11(19(20)21)9(2)17-13(14-3)18-12/h4-6H,7H2,1-3H3,(H2,14,16,17,18). The molecule has 21 heavy (non-hydrogen) atoms. The molecule has 2 heterocycles. The third-order valence-electron chi connectivity index (χ3n) is 2.90. The van der Waals surface area contributed by atoms with Gasteiger partial charge in [0.2, 0.25) is 11.8 Å². The summed E-state index contributed by atoms with van der Waals surface area (Å²) in [6, 6.07) is 3.80. The van der Waals surface area contributed by atoms with Crippen LogP contribution in [0.3, 0.4) is 0 Å². The van der Waals surface area contributed by atoms with Gasteiger partial charge in [0.15, 0.2) is 0 Å². The molecule has 0 unspecified atom stereocenters. The Kier molecular flexibility index (Phi) is 4.27. The smallest absolute Gasteiger partial charge is 0.332 e. The minimum atomic E-state index is -0.482. The Morgan fingerprint density at radius 2 is 2.05 bits per heavy atom. The van der Waals surface area contributed by atoms with Gasteiger partial charge in [0, 0.05) is 25.5 Å². The molecular formula is C13H16N6O2. The molecule has 2 rings (SSSR count). The van der Waals surface area contributed by atoms with Crippen LogP contribution in [0.5, 0.6) is 0 Å². The zero-order chi connectivity index (χ0) is 15.4. The summed E-state index contributed by atoms with van der Waals surface area (Å²) < 4.78 is 0. The molecule has 8 nitrogen and oxygen atoms in total. The molecule has 0 saturated carbocycles. The lowest BCUT2D eigenvalue weighted by Crippen LogP contribution is -2.10. The Morgan fingerprint density at radius 3 is 2.62 bits per heavy atom. The van der Waals surface area contributed by atoms with Gasteiger partial charge in [0.25, 0.3) is 0 Å². The number of nitro groups is 1. The summed E-state index contributed by atoms with van der Waals surface area (Å²) in [6.45, 7) is 3.88. The van der Waals surface area contributed by atoms with Gasteiger partial charge in [0.1, 0.15) is 5.69 Å². The molecule has 0 saturated heterocycles. The van der Waals surface area contributed by atoms with Crippen LogP contribution in [0.15, 0.2) is 18.3 Å². The summed E-state index contributed by atoms with van der Waals surface area (Å²) in [7, 11) is 1.66. The number of rotatable bonds is 5. The third-order valence-corrected chi connectivity index (χ3v) is 2.90. The summed E-state index contributed by atoms with van der Waals surface area (Å²) in [6.07, 6.45) is 1.72. The van der Waals surface area contributed by atoms with E-state index >= 15 is 0 Å². The van der Waals surface area contributed by atoms with E-state index in [1.165, 1.54) is 0 Å². The molecule has 0 bridgehead atoms. The average molecular weight is 288 g/mol. The molecule has 0 aromatic carbocycles. The number of aromatic nitrogens is 3. The van der Waals surface area contributed by atoms with E-state index in [9.17, 15) is 10.1 Å². The largest absolute Gasteiger partial charge is 0.360 e. The molecule has 2 N–H and O–H groups in total. The highest BCUT2D eigenvalue weighted by atomic mass is 16.6. The Bertz CT molecular complexity index is 656. The second-order valence-corrected chi connectivity index (χ2v) is 4.50. The van der Waals surface area contributed by atoms with Gasteiger partial charge in [-0.05, 0) is 25.5 Å². The van der Waals surface area contributed by atoms with E-state index < -0.39 is 4.92 Å². The normalized spacial score (nSPS) is 10.2. The van der Waals surface area contributed by atoms with E-state index in [1.807, 2.05) is 19.1 Å². The van der Waals surface area contributed by atoms with E-state index in [0.717, 1.165) is 11.3 Å². The molecule has 0 fully saturated rings. The number of hydrogen-bond donors (Lipinski definition) is 2. The minimum absolute atomic E-state index is 0.117. The fourth-order valence-corrected chi connectivity index (χ4v) is 1.81. The van der Waals surface area contributed by atoms with Crippen molar-refractivity contribution in [2.24, 2.45) is 0 Å². The first kappa shape index (κ1) is 14.6. The van der Waals surface area contributed by atoms with Crippen molar-refractivity contribution in [1.29, 1.82) is 0 Å².